The maximum atomic E-state index is 12.1. The van der Waals surface area contributed by atoms with Crippen LogP contribution >= 0.6 is 0 Å². The summed E-state index contributed by atoms with van der Waals surface area (Å²) in [6, 6.07) is 10.1. The number of nitrogens with zero attached hydrogens (tertiary/aromatic N) is 4. The average molecular weight is 386 g/mol. The van der Waals surface area contributed by atoms with Gasteiger partial charge in [0.1, 0.15) is 0 Å². The largest absolute Gasteiger partial charge is 0.466 e. The minimum absolute atomic E-state index is 0.0606. The zero-order valence-electron chi connectivity index (χ0n) is 16.0. The molecule has 1 aromatic heterocycles. The van der Waals surface area contributed by atoms with E-state index in [1.165, 1.54) is 5.56 Å². The van der Waals surface area contributed by atoms with E-state index in [1.807, 2.05) is 28.6 Å². The maximum absolute atomic E-state index is 12.1. The van der Waals surface area contributed by atoms with E-state index >= 15 is 0 Å². The monoisotopic (exact) mass is 386 g/mol. The van der Waals surface area contributed by atoms with Gasteiger partial charge < -0.3 is 15.0 Å². The third-order valence-corrected chi connectivity index (χ3v) is 4.59. The molecule has 0 bridgehead atoms. The summed E-state index contributed by atoms with van der Waals surface area (Å²) in [5, 5.41) is 12.4. The van der Waals surface area contributed by atoms with Crippen molar-refractivity contribution in [1.29, 1.82) is 0 Å². The number of rotatable bonds is 8. The molecule has 3 rings (SSSR count). The van der Waals surface area contributed by atoms with Gasteiger partial charge in [-0.15, -0.1) is 0 Å². The van der Waals surface area contributed by atoms with Crippen molar-refractivity contribution in [2.45, 2.75) is 26.2 Å². The Bertz CT molecular complexity index is 774. The minimum Gasteiger partial charge on any atom is -0.466 e. The van der Waals surface area contributed by atoms with Gasteiger partial charge >= 0.3 is 5.97 Å². The summed E-state index contributed by atoms with van der Waals surface area (Å²) in [7, 11) is 0. The van der Waals surface area contributed by atoms with Crippen LogP contribution in [0.5, 0.6) is 0 Å². The van der Waals surface area contributed by atoms with Gasteiger partial charge in [-0.25, -0.2) is 5.48 Å². The van der Waals surface area contributed by atoms with Crippen molar-refractivity contribution in [3.8, 4) is 0 Å². The summed E-state index contributed by atoms with van der Waals surface area (Å²) >= 11 is 0. The minimum atomic E-state index is -0.203. The zero-order valence-corrected chi connectivity index (χ0v) is 16.0. The van der Waals surface area contributed by atoms with Crippen LogP contribution in [-0.4, -0.2) is 52.4 Å². The van der Waals surface area contributed by atoms with Gasteiger partial charge in [0.05, 0.1) is 12.5 Å². The van der Waals surface area contributed by atoms with Gasteiger partial charge in [-0.2, -0.15) is 15.0 Å². The van der Waals surface area contributed by atoms with Gasteiger partial charge in [-0.3, -0.25) is 10.0 Å². The van der Waals surface area contributed by atoms with E-state index in [0.29, 0.717) is 31.6 Å². The Morgan fingerprint density at radius 1 is 1.25 bits per heavy atom. The number of hydrogen-bond donors (Lipinski definition) is 3. The van der Waals surface area contributed by atoms with Crippen molar-refractivity contribution >= 4 is 23.8 Å². The van der Waals surface area contributed by atoms with E-state index < -0.39 is 0 Å². The molecule has 28 heavy (non-hydrogen) atoms. The summed E-state index contributed by atoms with van der Waals surface area (Å²) in [6.45, 7) is 4.03. The molecule has 0 spiro atoms. The Morgan fingerprint density at radius 3 is 2.79 bits per heavy atom. The normalized spacial score (nSPS) is 16.5. The highest BCUT2D eigenvalue weighted by Crippen LogP contribution is 2.23. The lowest BCUT2D eigenvalue weighted by Gasteiger charge is -2.31. The van der Waals surface area contributed by atoms with Crippen LogP contribution in [0.3, 0.4) is 0 Å². The molecule has 2 heterocycles. The second-order valence-electron chi connectivity index (χ2n) is 6.59. The number of piperidine rings is 1. The molecule has 9 nitrogen and oxygen atoms in total. The number of anilines is 3. The van der Waals surface area contributed by atoms with Crippen molar-refractivity contribution < 1.29 is 14.7 Å². The van der Waals surface area contributed by atoms with Gasteiger partial charge in [0.2, 0.25) is 11.9 Å². The lowest BCUT2D eigenvalue weighted by atomic mass is 9.98. The van der Waals surface area contributed by atoms with Crippen molar-refractivity contribution in [1.82, 2.24) is 15.0 Å². The molecule has 1 aromatic carbocycles. The quantitative estimate of drug-likeness (QED) is 0.464. The standard InChI is InChI=1S/C19H26N6O3/c1-2-28-16(26)15-9-6-12-25(13-15)19-22-17(21-18(23-19)24-27)20-11-10-14-7-4-3-5-8-14/h3-5,7-8,15,27H,2,6,9-13H2,1H3,(H2,20,21,22,23,24). The number of carbonyl (C=O) groups is 1. The molecular weight excluding hydrogens is 360 g/mol. The molecule has 0 aliphatic carbocycles. The Labute approximate surface area is 164 Å². The molecule has 2 aromatic rings. The lowest BCUT2D eigenvalue weighted by molar-refractivity contribution is -0.148. The van der Waals surface area contributed by atoms with Crippen LogP contribution in [0.2, 0.25) is 0 Å². The third-order valence-electron chi connectivity index (χ3n) is 4.59. The highest BCUT2D eigenvalue weighted by molar-refractivity contribution is 5.73. The Kier molecular flexibility index (Phi) is 6.96. The molecular formula is C19H26N6O3. The predicted molar refractivity (Wildman–Crippen MR) is 105 cm³/mol. The molecule has 1 aliphatic rings. The van der Waals surface area contributed by atoms with Gasteiger partial charge in [0.25, 0.3) is 5.95 Å². The molecule has 3 N–H and O–H groups in total. The highest BCUT2D eigenvalue weighted by Gasteiger charge is 2.28. The first-order valence-corrected chi connectivity index (χ1v) is 9.55. The van der Waals surface area contributed by atoms with Gasteiger partial charge in [0.15, 0.2) is 0 Å². The molecule has 9 heteroatoms. The molecule has 1 atom stereocenters. The zero-order chi connectivity index (χ0) is 19.8. The van der Waals surface area contributed by atoms with Crippen molar-refractivity contribution in [2.24, 2.45) is 5.92 Å². The topological polar surface area (TPSA) is 112 Å². The van der Waals surface area contributed by atoms with Crippen LogP contribution < -0.4 is 15.7 Å². The van der Waals surface area contributed by atoms with Gasteiger partial charge in [0, 0.05) is 19.6 Å². The number of nitrogens with one attached hydrogen (secondary N) is 2. The fourth-order valence-electron chi connectivity index (χ4n) is 3.21. The van der Waals surface area contributed by atoms with Gasteiger partial charge in [-0.05, 0) is 31.7 Å². The first kappa shape index (κ1) is 19.8. The first-order valence-electron chi connectivity index (χ1n) is 9.55. The second kappa shape index (κ2) is 9.84. The van der Waals surface area contributed by atoms with Gasteiger partial charge in [-0.1, -0.05) is 30.3 Å². The van der Waals surface area contributed by atoms with E-state index in [1.54, 1.807) is 6.92 Å². The van der Waals surface area contributed by atoms with Crippen molar-refractivity contribution in [3.05, 3.63) is 35.9 Å². The molecule has 150 valence electrons. The van der Waals surface area contributed by atoms with Crippen molar-refractivity contribution in [2.75, 3.05) is 41.9 Å². The number of carbonyl (C=O) groups excluding carboxylic acids is 1. The van der Waals surface area contributed by atoms with E-state index in [2.05, 4.69) is 32.4 Å². The number of aromatic nitrogens is 3. The van der Waals surface area contributed by atoms with Crippen LogP contribution in [0.25, 0.3) is 0 Å². The fourth-order valence-corrected chi connectivity index (χ4v) is 3.21. The molecule has 0 saturated carbocycles. The van der Waals surface area contributed by atoms with Crippen LogP contribution in [0.15, 0.2) is 30.3 Å². The van der Waals surface area contributed by atoms with Crippen LogP contribution in [0.1, 0.15) is 25.3 Å². The summed E-state index contributed by atoms with van der Waals surface area (Å²) in [4.78, 5) is 26.8. The van der Waals surface area contributed by atoms with E-state index in [-0.39, 0.29) is 17.8 Å². The lowest BCUT2D eigenvalue weighted by Crippen LogP contribution is -2.40. The number of esters is 1. The Balaban J connectivity index is 1.67. The fraction of sp³-hybridized carbons (Fsp3) is 0.474. The Morgan fingerprint density at radius 2 is 2.04 bits per heavy atom. The smallest absolute Gasteiger partial charge is 0.310 e. The molecule has 0 radical (unpaired) electrons. The SMILES string of the molecule is CCOC(=O)C1CCCN(c2nc(NO)nc(NCCc3ccccc3)n2)C1. The molecule has 1 saturated heterocycles. The first-order chi connectivity index (χ1) is 13.7. The second-order valence-corrected chi connectivity index (χ2v) is 6.59. The maximum Gasteiger partial charge on any atom is 0.310 e. The summed E-state index contributed by atoms with van der Waals surface area (Å²) in [5.74, 6) is 0.456. The Hall–Kier alpha value is -2.94. The molecule has 0 amide bonds. The predicted octanol–water partition coefficient (Wildman–Crippen LogP) is 2.11. The molecule has 1 aliphatic heterocycles. The highest BCUT2D eigenvalue weighted by atomic mass is 16.5. The number of benzene rings is 1. The van der Waals surface area contributed by atoms with E-state index in [9.17, 15) is 10.0 Å². The van der Waals surface area contributed by atoms with Crippen LogP contribution in [-0.2, 0) is 16.0 Å². The summed E-state index contributed by atoms with van der Waals surface area (Å²) < 4.78 is 5.15. The van der Waals surface area contributed by atoms with E-state index in [0.717, 1.165) is 25.8 Å². The van der Waals surface area contributed by atoms with Crippen LogP contribution in [0.4, 0.5) is 17.8 Å². The molecule has 1 fully saturated rings. The number of ether oxygens (including phenoxy) is 1. The van der Waals surface area contributed by atoms with Crippen molar-refractivity contribution in [3.63, 3.8) is 0 Å². The average Bonchev–Trinajstić information content (AvgIpc) is 2.74. The van der Waals surface area contributed by atoms with E-state index in [4.69, 9.17) is 4.74 Å². The summed E-state index contributed by atoms with van der Waals surface area (Å²) in [6.07, 6.45) is 2.44. The summed E-state index contributed by atoms with van der Waals surface area (Å²) in [5.41, 5.74) is 3.20. The third kappa shape index (κ3) is 5.29. The molecule has 1 unspecified atom stereocenters. The number of hydrogen-bond acceptors (Lipinski definition) is 9. The van der Waals surface area contributed by atoms with Crippen LogP contribution in [0, 0.1) is 5.92 Å².